The maximum atomic E-state index is 11.6. The van der Waals surface area contributed by atoms with Crippen LogP contribution in [0.4, 0.5) is 5.69 Å². The molecule has 0 atom stereocenters. The largest absolute Gasteiger partial charge is 0.373 e. The van der Waals surface area contributed by atoms with Crippen LogP contribution in [0.1, 0.15) is 23.2 Å². The fourth-order valence-corrected chi connectivity index (χ4v) is 3.53. The second-order valence-electron chi connectivity index (χ2n) is 7.72. The molecule has 2 aliphatic rings. The predicted molar refractivity (Wildman–Crippen MR) is 122 cm³/mol. The van der Waals surface area contributed by atoms with E-state index in [2.05, 4.69) is 29.2 Å². The predicted octanol–water partition coefficient (Wildman–Crippen LogP) is 2.81. The lowest BCUT2D eigenvalue weighted by Crippen LogP contribution is -2.58. The maximum Gasteiger partial charge on any atom is 0.248 e. The second-order valence-corrected chi connectivity index (χ2v) is 7.72. The number of piperidine rings is 1. The van der Waals surface area contributed by atoms with Gasteiger partial charge in [0.1, 0.15) is 11.7 Å². The summed E-state index contributed by atoms with van der Waals surface area (Å²) in [4.78, 5) is 13.8. The van der Waals surface area contributed by atoms with Gasteiger partial charge in [-0.15, -0.1) is 0 Å². The topological polar surface area (TPSA) is 118 Å². The fourth-order valence-electron chi connectivity index (χ4n) is 3.53. The summed E-state index contributed by atoms with van der Waals surface area (Å²) >= 11 is 0. The standard InChI is InChI=1S/C23H28N6O/c1-16-5-3-6-17(10-9-16)20(24)27-22(26)23(11-13-29(2)14-12-23)28-19-8-4-7-18(15-19)21(25)30/h3-10,15,28H,1,11-14H2,2H3,(H2,25,30)(H3,24,26,27). The number of amides is 1. The zero-order valence-electron chi connectivity index (χ0n) is 17.2. The molecule has 1 aromatic carbocycles. The van der Waals surface area contributed by atoms with Crippen LogP contribution in [0.15, 0.2) is 72.4 Å². The van der Waals surface area contributed by atoms with Crippen LogP contribution in [-0.2, 0) is 0 Å². The molecular weight excluding hydrogens is 376 g/mol. The van der Waals surface area contributed by atoms with Crippen LogP contribution in [0.2, 0.25) is 0 Å². The molecule has 0 saturated carbocycles. The summed E-state index contributed by atoms with van der Waals surface area (Å²) in [5.74, 6) is -0.110. The molecule has 1 aliphatic heterocycles. The van der Waals surface area contributed by atoms with Crippen LogP contribution in [0.5, 0.6) is 0 Å². The lowest BCUT2D eigenvalue weighted by Gasteiger charge is -2.42. The zero-order valence-corrected chi connectivity index (χ0v) is 17.2. The first-order valence-electron chi connectivity index (χ1n) is 9.86. The van der Waals surface area contributed by atoms with Crippen molar-refractivity contribution in [3.63, 3.8) is 0 Å². The van der Waals surface area contributed by atoms with Crippen LogP contribution in [0, 0.1) is 10.8 Å². The van der Waals surface area contributed by atoms with Crippen LogP contribution in [0.3, 0.4) is 0 Å². The van der Waals surface area contributed by atoms with E-state index in [1.54, 1.807) is 18.2 Å². The van der Waals surface area contributed by atoms with Gasteiger partial charge in [0.2, 0.25) is 5.91 Å². The minimum absolute atomic E-state index is 0.154. The Balaban J connectivity index is 1.82. The van der Waals surface area contributed by atoms with E-state index in [0.29, 0.717) is 24.0 Å². The third-order valence-electron chi connectivity index (χ3n) is 5.45. The van der Waals surface area contributed by atoms with Gasteiger partial charge >= 0.3 is 0 Å². The number of nitrogens with one attached hydrogen (secondary N) is 4. The number of nitrogens with zero attached hydrogens (tertiary/aromatic N) is 1. The number of carbonyl (C=O) groups is 1. The Morgan fingerprint density at radius 3 is 2.63 bits per heavy atom. The number of hydrogen-bond donors (Lipinski definition) is 5. The summed E-state index contributed by atoms with van der Waals surface area (Å²) in [7, 11) is 2.05. The summed E-state index contributed by atoms with van der Waals surface area (Å²) in [6.45, 7) is 5.52. The number of rotatable bonds is 5. The molecule has 3 rings (SSSR count). The quantitative estimate of drug-likeness (QED) is 0.383. The molecule has 30 heavy (non-hydrogen) atoms. The first-order chi connectivity index (χ1) is 14.3. The van der Waals surface area contributed by atoms with E-state index >= 15 is 0 Å². The monoisotopic (exact) mass is 404 g/mol. The van der Waals surface area contributed by atoms with Crippen LogP contribution >= 0.6 is 0 Å². The Bertz CT molecular complexity index is 964. The van der Waals surface area contributed by atoms with Crippen molar-refractivity contribution in [2.24, 2.45) is 5.73 Å². The molecule has 1 fully saturated rings. The Hall–Kier alpha value is -3.45. The number of likely N-dealkylation sites (tertiary alicyclic amines) is 1. The van der Waals surface area contributed by atoms with Crippen molar-refractivity contribution in [1.82, 2.24) is 10.2 Å². The third kappa shape index (κ3) is 4.93. The van der Waals surface area contributed by atoms with Crippen molar-refractivity contribution in [2.45, 2.75) is 18.4 Å². The first kappa shape index (κ1) is 21.3. The number of primary amides is 1. The van der Waals surface area contributed by atoms with E-state index in [1.165, 1.54) is 0 Å². The van der Waals surface area contributed by atoms with Crippen LogP contribution in [0.25, 0.3) is 0 Å². The average Bonchev–Trinajstić information content (AvgIpc) is 2.94. The van der Waals surface area contributed by atoms with Crippen molar-refractivity contribution in [1.29, 1.82) is 10.8 Å². The Kier molecular flexibility index (Phi) is 6.32. The van der Waals surface area contributed by atoms with Gasteiger partial charge in [0.05, 0.1) is 5.54 Å². The molecule has 0 unspecified atom stereocenters. The normalized spacial score (nSPS) is 18.3. The van der Waals surface area contributed by atoms with Gasteiger partial charge in [-0.2, -0.15) is 0 Å². The second kappa shape index (κ2) is 8.92. The molecule has 0 bridgehead atoms. The van der Waals surface area contributed by atoms with E-state index in [-0.39, 0.29) is 11.7 Å². The van der Waals surface area contributed by atoms with E-state index in [4.69, 9.17) is 16.6 Å². The van der Waals surface area contributed by atoms with Crippen molar-refractivity contribution < 1.29 is 4.79 Å². The summed E-state index contributed by atoms with van der Waals surface area (Å²) in [5, 5.41) is 23.7. The minimum Gasteiger partial charge on any atom is -0.373 e. The number of benzene rings is 1. The highest BCUT2D eigenvalue weighted by atomic mass is 16.1. The SMILES string of the molecule is C=C1C=CC=C(C(=N)NC(=N)C2(Nc3cccc(C(N)=O)c3)CCN(C)CC2)C=C1. The molecule has 0 aromatic heterocycles. The van der Waals surface area contributed by atoms with Gasteiger partial charge < -0.3 is 21.3 Å². The van der Waals surface area contributed by atoms with Gasteiger partial charge in [0.25, 0.3) is 0 Å². The summed E-state index contributed by atoms with van der Waals surface area (Å²) < 4.78 is 0. The molecule has 0 radical (unpaired) electrons. The number of hydrogen-bond acceptors (Lipinski definition) is 5. The van der Waals surface area contributed by atoms with Gasteiger partial charge in [0, 0.05) is 29.9 Å². The highest BCUT2D eigenvalue weighted by molar-refractivity contribution is 6.11. The molecule has 7 nitrogen and oxygen atoms in total. The number of carbonyl (C=O) groups excluding carboxylic acids is 1. The lowest BCUT2D eigenvalue weighted by atomic mass is 9.85. The van der Waals surface area contributed by atoms with E-state index in [9.17, 15) is 4.79 Å². The zero-order chi connectivity index (χ0) is 21.7. The summed E-state index contributed by atoms with van der Waals surface area (Å²) in [5.41, 5.74) is 7.41. The van der Waals surface area contributed by atoms with Crippen molar-refractivity contribution in [2.75, 3.05) is 25.5 Å². The number of anilines is 1. The van der Waals surface area contributed by atoms with Crippen molar-refractivity contribution in [3.8, 4) is 0 Å². The van der Waals surface area contributed by atoms with E-state index < -0.39 is 11.4 Å². The smallest absolute Gasteiger partial charge is 0.248 e. The molecular formula is C23H28N6O. The minimum atomic E-state index is -0.677. The molecule has 1 aromatic rings. The number of nitrogens with two attached hydrogens (primary N) is 1. The lowest BCUT2D eigenvalue weighted by molar-refractivity contribution is 0.100. The Labute approximate surface area is 177 Å². The van der Waals surface area contributed by atoms with Crippen molar-refractivity contribution in [3.05, 3.63) is 77.9 Å². The average molecular weight is 405 g/mol. The molecule has 1 aliphatic carbocycles. The Morgan fingerprint density at radius 1 is 1.20 bits per heavy atom. The summed E-state index contributed by atoms with van der Waals surface area (Å²) in [6.07, 6.45) is 10.6. The molecule has 1 saturated heterocycles. The third-order valence-corrected chi connectivity index (χ3v) is 5.45. The molecule has 156 valence electrons. The van der Waals surface area contributed by atoms with Gasteiger partial charge in [0.15, 0.2) is 0 Å². The molecule has 0 spiro atoms. The molecule has 6 N–H and O–H groups in total. The number of allylic oxidation sites excluding steroid dienone is 5. The van der Waals surface area contributed by atoms with E-state index in [0.717, 1.165) is 24.4 Å². The first-order valence-corrected chi connectivity index (χ1v) is 9.86. The van der Waals surface area contributed by atoms with Gasteiger partial charge in [-0.05, 0) is 43.7 Å². The van der Waals surface area contributed by atoms with Crippen LogP contribution < -0.4 is 16.4 Å². The fraction of sp³-hybridized carbons (Fsp3) is 0.261. The maximum absolute atomic E-state index is 11.6. The summed E-state index contributed by atoms with van der Waals surface area (Å²) in [6, 6.07) is 7.00. The van der Waals surface area contributed by atoms with Crippen molar-refractivity contribution >= 4 is 23.3 Å². The Morgan fingerprint density at radius 2 is 1.93 bits per heavy atom. The highest BCUT2D eigenvalue weighted by Gasteiger charge is 2.38. The number of amidine groups is 2. The molecule has 1 heterocycles. The molecule has 7 heteroatoms. The van der Waals surface area contributed by atoms with Gasteiger partial charge in [-0.3, -0.25) is 15.6 Å². The van der Waals surface area contributed by atoms with E-state index in [1.807, 2.05) is 36.4 Å². The highest BCUT2D eigenvalue weighted by Crippen LogP contribution is 2.28. The van der Waals surface area contributed by atoms with Gasteiger partial charge in [-0.1, -0.05) is 43.0 Å². The van der Waals surface area contributed by atoms with Crippen LogP contribution in [-0.4, -0.2) is 48.2 Å². The van der Waals surface area contributed by atoms with Gasteiger partial charge in [-0.25, -0.2) is 0 Å². The molecule has 1 amide bonds.